The lowest BCUT2D eigenvalue weighted by atomic mass is 10.1. The zero-order chi connectivity index (χ0) is 15.6. The SMILES string of the molecule is O=C(NCc1ccnc(-c2ccsc2)c1)c1cc(C2CC2)on1. The summed E-state index contributed by atoms with van der Waals surface area (Å²) in [5, 5.41) is 10.8. The molecule has 5 nitrogen and oxygen atoms in total. The highest BCUT2D eigenvalue weighted by molar-refractivity contribution is 7.08. The lowest BCUT2D eigenvalue weighted by molar-refractivity contribution is 0.0941. The Morgan fingerprint density at radius 3 is 3.04 bits per heavy atom. The Morgan fingerprint density at radius 2 is 2.26 bits per heavy atom. The van der Waals surface area contributed by atoms with Gasteiger partial charge in [0.25, 0.3) is 5.91 Å². The zero-order valence-corrected chi connectivity index (χ0v) is 13.2. The second-order valence-corrected chi connectivity index (χ2v) is 6.41. The topological polar surface area (TPSA) is 68.0 Å². The van der Waals surface area contributed by atoms with Crippen LogP contribution in [0, 0.1) is 0 Å². The molecule has 6 heteroatoms. The van der Waals surface area contributed by atoms with Crippen LogP contribution in [0.3, 0.4) is 0 Å². The number of thiophene rings is 1. The van der Waals surface area contributed by atoms with Gasteiger partial charge in [-0.15, -0.1) is 0 Å². The maximum Gasteiger partial charge on any atom is 0.273 e. The monoisotopic (exact) mass is 325 g/mol. The molecule has 0 aliphatic heterocycles. The number of aromatic nitrogens is 2. The van der Waals surface area contributed by atoms with Crippen molar-refractivity contribution in [2.75, 3.05) is 0 Å². The number of nitrogens with zero attached hydrogens (tertiary/aromatic N) is 2. The van der Waals surface area contributed by atoms with E-state index in [9.17, 15) is 4.79 Å². The van der Waals surface area contributed by atoms with Gasteiger partial charge in [-0.2, -0.15) is 11.3 Å². The van der Waals surface area contributed by atoms with Crippen molar-refractivity contribution >= 4 is 17.2 Å². The van der Waals surface area contributed by atoms with Gasteiger partial charge >= 0.3 is 0 Å². The first-order valence-electron chi connectivity index (χ1n) is 7.52. The van der Waals surface area contributed by atoms with Crippen LogP contribution < -0.4 is 5.32 Å². The molecule has 1 aliphatic carbocycles. The highest BCUT2D eigenvalue weighted by atomic mass is 32.1. The number of carbonyl (C=O) groups excluding carboxylic acids is 1. The smallest absolute Gasteiger partial charge is 0.273 e. The normalized spacial score (nSPS) is 13.9. The summed E-state index contributed by atoms with van der Waals surface area (Å²) in [6, 6.07) is 7.66. The third-order valence-corrected chi connectivity index (χ3v) is 4.52. The molecule has 23 heavy (non-hydrogen) atoms. The van der Waals surface area contributed by atoms with Crippen molar-refractivity contribution in [3.63, 3.8) is 0 Å². The van der Waals surface area contributed by atoms with E-state index in [0.717, 1.165) is 35.4 Å². The van der Waals surface area contributed by atoms with E-state index in [1.807, 2.05) is 23.6 Å². The molecule has 1 fully saturated rings. The van der Waals surface area contributed by atoms with Gasteiger partial charge in [0.05, 0.1) is 5.69 Å². The van der Waals surface area contributed by atoms with Crippen LogP contribution in [0.15, 0.2) is 45.7 Å². The number of amides is 1. The zero-order valence-electron chi connectivity index (χ0n) is 12.4. The standard InChI is InChI=1S/C17H15N3O2S/c21-17(15-8-16(22-20-15)12-1-2-12)19-9-11-3-5-18-14(7-11)13-4-6-23-10-13/h3-8,10,12H,1-2,9H2,(H,19,21). The van der Waals surface area contributed by atoms with Crippen molar-refractivity contribution < 1.29 is 9.32 Å². The number of hydrogen-bond donors (Lipinski definition) is 1. The minimum atomic E-state index is -0.213. The summed E-state index contributed by atoms with van der Waals surface area (Å²) in [5.74, 6) is 1.06. The Balaban J connectivity index is 1.42. The van der Waals surface area contributed by atoms with Gasteiger partial charge < -0.3 is 9.84 Å². The summed E-state index contributed by atoms with van der Waals surface area (Å²) in [7, 11) is 0. The molecule has 1 N–H and O–H groups in total. The molecule has 1 amide bonds. The molecule has 0 atom stereocenters. The molecule has 1 aliphatic rings. The van der Waals surface area contributed by atoms with Gasteiger partial charge in [0, 0.05) is 35.7 Å². The van der Waals surface area contributed by atoms with Gasteiger partial charge in [0.2, 0.25) is 0 Å². The summed E-state index contributed by atoms with van der Waals surface area (Å²) >= 11 is 1.64. The fourth-order valence-corrected chi connectivity index (χ4v) is 3.03. The van der Waals surface area contributed by atoms with Crippen LogP contribution in [0.2, 0.25) is 0 Å². The Kier molecular flexibility index (Phi) is 3.67. The first kappa shape index (κ1) is 14.1. The summed E-state index contributed by atoms with van der Waals surface area (Å²) in [6.45, 7) is 0.435. The van der Waals surface area contributed by atoms with Crippen molar-refractivity contribution in [2.24, 2.45) is 0 Å². The van der Waals surface area contributed by atoms with Crippen molar-refractivity contribution in [3.8, 4) is 11.3 Å². The third kappa shape index (κ3) is 3.17. The highest BCUT2D eigenvalue weighted by Crippen LogP contribution is 2.40. The van der Waals surface area contributed by atoms with E-state index in [2.05, 4.69) is 20.8 Å². The fourth-order valence-electron chi connectivity index (χ4n) is 2.38. The second-order valence-electron chi connectivity index (χ2n) is 5.63. The average Bonchev–Trinajstić information content (AvgIpc) is 3.09. The van der Waals surface area contributed by atoms with E-state index >= 15 is 0 Å². The van der Waals surface area contributed by atoms with Gasteiger partial charge in [-0.3, -0.25) is 9.78 Å². The van der Waals surface area contributed by atoms with Crippen molar-refractivity contribution in [2.45, 2.75) is 25.3 Å². The molecule has 0 aromatic carbocycles. The van der Waals surface area contributed by atoms with Gasteiger partial charge in [-0.05, 0) is 42.0 Å². The number of pyridine rings is 1. The van der Waals surface area contributed by atoms with Gasteiger partial charge in [0.15, 0.2) is 5.69 Å². The molecular formula is C17H15N3O2S. The van der Waals surface area contributed by atoms with Crippen LogP contribution in [-0.4, -0.2) is 16.0 Å². The highest BCUT2D eigenvalue weighted by Gasteiger charge is 2.28. The molecule has 4 rings (SSSR count). The molecule has 0 radical (unpaired) electrons. The Bertz CT molecular complexity index is 822. The predicted octanol–water partition coefficient (Wildman–Crippen LogP) is 3.61. The molecule has 3 aromatic rings. The third-order valence-electron chi connectivity index (χ3n) is 3.84. The van der Waals surface area contributed by atoms with E-state index in [4.69, 9.17) is 4.52 Å². The predicted molar refractivity (Wildman–Crippen MR) is 87.2 cm³/mol. The van der Waals surface area contributed by atoms with Gasteiger partial charge in [-0.1, -0.05) is 5.16 Å². The first-order chi connectivity index (χ1) is 11.3. The molecule has 116 valence electrons. The average molecular weight is 325 g/mol. The lowest BCUT2D eigenvalue weighted by Crippen LogP contribution is -2.23. The minimum Gasteiger partial charge on any atom is -0.360 e. The van der Waals surface area contributed by atoms with E-state index in [-0.39, 0.29) is 5.91 Å². The lowest BCUT2D eigenvalue weighted by Gasteiger charge is -2.05. The summed E-state index contributed by atoms with van der Waals surface area (Å²) < 4.78 is 5.21. The van der Waals surface area contributed by atoms with Crippen LogP contribution >= 0.6 is 11.3 Å². The molecule has 0 spiro atoms. The minimum absolute atomic E-state index is 0.213. The van der Waals surface area contributed by atoms with Gasteiger partial charge in [-0.25, -0.2) is 0 Å². The van der Waals surface area contributed by atoms with Crippen molar-refractivity contribution in [1.82, 2.24) is 15.5 Å². The summed E-state index contributed by atoms with van der Waals surface area (Å²) in [4.78, 5) is 16.5. The van der Waals surface area contributed by atoms with E-state index < -0.39 is 0 Å². The van der Waals surface area contributed by atoms with Crippen LogP contribution in [0.5, 0.6) is 0 Å². The molecule has 3 aromatic heterocycles. The molecule has 0 unspecified atom stereocenters. The van der Waals surface area contributed by atoms with Crippen molar-refractivity contribution in [3.05, 3.63) is 58.2 Å². The van der Waals surface area contributed by atoms with E-state index in [1.54, 1.807) is 23.6 Å². The van der Waals surface area contributed by atoms with Crippen LogP contribution in [0.25, 0.3) is 11.3 Å². The van der Waals surface area contributed by atoms with E-state index in [0.29, 0.717) is 18.2 Å². The first-order valence-corrected chi connectivity index (χ1v) is 8.46. The number of nitrogens with one attached hydrogen (secondary N) is 1. The van der Waals surface area contributed by atoms with Crippen LogP contribution in [-0.2, 0) is 6.54 Å². The second kappa shape index (κ2) is 5.96. The Labute approximate surface area is 137 Å². The van der Waals surface area contributed by atoms with Crippen LogP contribution in [0.4, 0.5) is 0 Å². The number of hydrogen-bond acceptors (Lipinski definition) is 5. The molecule has 0 saturated heterocycles. The quantitative estimate of drug-likeness (QED) is 0.778. The maximum atomic E-state index is 12.1. The summed E-state index contributed by atoms with van der Waals surface area (Å²) in [6.07, 6.45) is 4.01. The maximum absolute atomic E-state index is 12.1. The largest absolute Gasteiger partial charge is 0.360 e. The van der Waals surface area contributed by atoms with Crippen molar-refractivity contribution in [1.29, 1.82) is 0 Å². The number of carbonyl (C=O) groups is 1. The van der Waals surface area contributed by atoms with E-state index in [1.165, 1.54) is 0 Å². The Hall–Kier alpha value is -2.47. The molecule has 0 bridgehead atoms. The van der Waals surface area contributed by atoms with Gasteiger partial charge in [0.1, 0.15) is 5.76 Å². The number of rotatable bonds is 5. The Morgan fingerprint density at radius 1 is 1.35 bits per heavy atom. The molecular weight excluding hydrogens is 310 g/mol. The molecule has 3 heterocycles. The van der Waals surface area contributed by atoms with Crippen LogP contribution in [0.1, 0.15) is 40.6 Å². The molecule has 1 saturated carbocycles. The summed E-state index contributed by atoms with van der Waals surface area (Å²) in [5.41, 5.74) is 3.35. The fraction of sp³-hybridized carbons (Fsp3) is 0.235.